The molecule has 35 heavy (non-hydrogen) atoms. The smallest absolute Gasteiger partial charge is 0.257 e. The number of hydrogen-bond donors (Lipinski definition) is 1. The first-order valence-corrected chi connectivity index (χ1v) is 12.2. The molecule has 3 aromatic carbocycles. The van der Waals surface area contributed by atoms with E-state index in [9.17, 15) is 14.0 Å². The average molecular weight is 491 g/mol. The van der Waals surface area contributed by atoms with E-state index in [0.717, 1.165) is 11.2 Å². The Bertz CT molecular complexity index is 1320. The predicted molar refractivity (Wildman–Crippen MR) is 134 cm³/mol. The van der Waals surface area contributed by atoms with E-state index in [1.165, 1.54) is 23.9 Å². The van der Waals surface area contributed by atoms with Gasteiger partial charge in [-0.2, -0.15) is 0 Å². The van der Waals surface area contributed by atoms with Crippen molar-refractivity contribution in [3.8, 4) is 0 Å². The molecule has 1 aromatic heterocycles. The molecule has 0 spiro atoms. The fourth-order valence-electron chi connectivity index (χ4n) is 3.97. The lowest BCUT2D eigenvalue weighted by Crippen LogP contribution is -2.49. The number of oxazole rings is 1. The normalized spacial score (nSPS) is 13.7. The number of carbonyl (C=O) groups excluding carboxylic acids is 2. The topological polar surface area (TPSA) is 78.7 Å². The molecular formula is C26H23FN4O3S. The van der Waals surface area contributed by atoms with E-state index in [2.05, 4.69) is 15.2 Å². The van der Waals surface area contributed by atoms with Gasteiger partial charge in [0.05, 0.1) is 11.3 Å². The molecule has 5 rings (SSSR count). The number of hydrogen-bond acceptors (Lipinski definition) is 6. The molecular weight excluding hydrogens is 467 g/mol. The van der Waals surface area contributed by atoms with Gasteiger partial charge in [-0.25, -0.2) is 9.37 Å². The monoisotopic (exact) mass is 490 g/mol. The molecule has 1 fully saturated rings. The second-order valence-corrected chi connectivity index (χ2v) is 9.02. The Hall–Kier alpha value is -3.85. The summed E-state index contributed by atoms with van der Waals surface area (Å²) >= 11 is 1.25. The van der Waals surface area contributed by atoms with Crippen molar-refractivity contribution in [3.63, 3.8) is 0 Å². The number of thioether (sulfide) groups is 1. The summed E-state index contributed by atoms with van der Waals surface area (Å²) in [5.41, 5.74) is 3.27. The maximum Gasteiger partial charge on any atom is 0.257 e. The molecule has 1 saturated heterocycles. The van der Waals surface area contributed by atoms with Gasteiger partial charge in [-0.3, -0.25) is 9.59 Å². The minimum Gasteiger partial charge on any atom is -0.431 e. The fraction of sp³-hybridized carbons (Fsp3) is 0.192. The van der Waals surface area contributed by atoms with Crippen LogP contribution in [0.4, 0.5) is 15.8 Å². The van der Waals surface area contributed by atoms with Crippen molar-refractivity contribution in [2.24, 2.45) is 0 Å². The van der Waals surface area contributed by atoms with E-state index in [1.54, 1.807) is 17.0 Å². The molecule has 2 heterocycles. The van der Waals surface area contributed by atoms with E-state index >= 15 is 0 Å². The molecule has 0 saturated carbocycles. The van der Waals surface area contributed by atoms with Gasteiger partial charge in [0, 0.05) is 37.6 Å². The van der Waals surface area contributed by atoms with Crippen molar-refractivity contribution in [1.29, 1.82) is 0 Å². The van der Waals surface area contributed by atoms with Gasteiger partial charge in [0.15, 0.2) is 5.58 Å². The molecule has 1 N–H and O–H groups in total. The highest BCUT2D eigenvalue weighted by atomic mass is 32.2. The highest BCUT2D eigenvalue weighted by molar-refractivity contribution is 7.99. The molecule has 4 aromatic rings. The van der Waals surface area contributed by atoms with Crippen molar-refractivity contribution in [1.82, 2.24) is 9.88 Å². The third kappa shape index (κ3) is 5.30. The molecule has 0 radical (unpaired) electrons. The molecule has 0 aliphatic carbocycles. The van der Waals surface area contributed by atoms with Gasteiger partial charge in [0.2, 0.25) is 5.91 Å². The Morgan fingerprint density at radius 3 is 2.40 bits per heavy atom. The number of halogens is 1. The van der Waals surface area contributed by atoms with Crippen LogP contribution < -0.4 is 10.2 Å². The molecule has 0 bridgehead atoms. The van der Waals surface area contributed by atoms with Gasteiger partial charge in [-0.1, -0.05) is 36.0 Å². The number of nitrogens with zero attached hydrogens (tertiary/aromatic N) is 3. The van der Waals surface area contributed by atoms with E-state index in [-0.39, 0.29) is 23.1 Å². The number of carbonyl (C=O) groups is 2. The van der Waals surface area contributed by atoms with Crippen LogP contribution in [-0.2, 0) is 4.79 Å². The first-order valence-electron chi connectivity index (χ1n) is 11.2. The number of benzene rings is 3. The largest absolute Gasteiger partial charge is 0.431 e. The number of fused-ring (bicyclic) bond motifs is 1. The van der Waals surface area contributed by atoms with Gasteiger partial charge in [0.25, 0.3) is 11.1 Å². The Morgan fingerprint density at radius 2 is 1.66 bits per heavy atom. The summed E-state index contributed by atoms with van der Waals surface area (Å²) in [6.45, 7) is 2.32. The number of anilines is 2. The van der Waals surface area contributed by atoms with E-state index in [1.807, 2.05) is 48.5 Å². The van der Waals surface area contributed by atoms with Crippen LogP contribution in [0.5, 0.6) is 0 Å². The third-order valence-corrected chi connectivity index (χ3v) is 6.62. The quantitative estimate of drug-likeness (QED) is 0.396. The van der Waals surface area contributed by atoms with Gasteiger partial charge < -0.3 is 19.5 Å². The molecule has 9 heteroatoms. The summed E-state index contributed by atoms with van der Waals surface area (Å²) in [5.74, 6) is -0.737. The summed E-state index contributed by atoms with van der Waals surface area (Å²) in [6.07, 6.45) is 0. The maximum atomic E-state index is 13.9. The standard InChI is InChI=1S/C26H23FN4O3S/c27-21-6-2-1-5-20(21)25(33)31-15-13-30(14-16-31)19-11-9-18(10-12-19)28-24(32)17-35-26-29-22-7-3-4-8-23(22)34-26/h1-12H,13-17H2,(H,28,32). The summed E-state index contributed by atoms with van der Waals surface area (Å²) in [4.78, 5) is 33.2. The zero-order chi connectivity index (χ0) is 24.2. The summed E-state index contributed by atoms with van der Waals surface area (Å²) in [6, 6.07) is 21.1. The van der Waals surface area contributed by atoms with Crippen molar-refractivity contribution in [2.45, 2.75) is 5.22 Å². The van der Waals surface area contributed by atoms with Crippen LogP contribution in [0.15, 0.2) is 82.4 Å². The van der Waals surface area contributed by atoms with Crippen molar-refractivity contribution < 1.29 is 18.4 Å². The molecule has 2 amide bonds. The molecule has 0 unspecified atom stereocenters. The van der Waals surface area contributed by atoms with Crippen molar-refractivity contribution in [3.05, 3.63) is 84.2 Å². The lowest BCUT2D eigenvalue weighted by molar-refractivity contribution is -0.113. The molecule has 7 nitrogen and oxygen atoms in total. The Kier molecular flexibility index (Phi) is 6.67. The highest BCUT2D eigenvalue weighted by Crippen LogP contribution is 2.24. The number of para-hydroxylation sites is 2. The summed E-state index contributed by atoms with van der Waals surface area (Å²) in [5, 5.41) is 3.35. The van der Waals surface area contributed by atoms with Crippen LogP contribution in [0.25, 0.3) is 11.1 Å². The fourth-order valence-corrected chi connectivity index (χ4v) is 4.60. The number of amides is 2. The summed E-state index contributed by atoms with van der Waals surface area (Å²) < 4.78 is 19.6. The van der Waals surface area contributed by atoms with Crippen LogP contribution in [0.3, 0.4) is 0 Å². The van der Waals surface area contributed by atoms with Crippen molar-refractivity contribution in [2.75, 3.05) is 42.1 Å². The second kappa shape index (κ2) is 10.2. The number of piperazine rings is 1. The third-order valence-electron chi connectivity index (χ3n) is 5.79. The van der Waals surface area contributed by atoms with Gasteiger partial charge >= 0.3 is 0 Å². The Labute approximate surface area is 205 Å². The maximum absolute atomic E-state index is 13.9. The van der Waals surface area contributed by atoms with Gasteiger partial charge in [0.1, 0.15) is 11.3 Å². The molecule has 0 atom stereocenters. The van der Waals surface area contributed by atoms with Crippen LogP contribution >= 0.6 is 11.8 Å². The number of rotatable bonds is 6. The first kappa shape index (κ1) is 22.9. The average Bonchev–Trinajstić information content (AvgIpc) is 3.31. The minimum absolute atomic E-state index is 0.107. The van der Waals surface area contributed by atoms with Crippen LogP contribution in [-0.4, -0.2) is 53.6 Å². The highest BCUT2D eigenvalue weighted by Gasteiger charge is 2.24. The lowest BCUT2D eigenvalue weighted by Gasteiger charge is -2.36. The van der Waals surface area contributed by atoms with E-state index in [0.29, 0.717) is 42.7 Å². The SMILES string of the molecule is O=C(CSc1nc2ccccc2o1)Nc1ccc(N2CCN(C(=O)c3ccccc3F)CC2)cc1. The van der Waals surface area contributed by atoms with Gasteiger partial charge in [-0.05, 0) is 48.5 Å². The molecule has 1 aliphatic heterocycles. The Balaban J connectivity index is 1.11. The molecule has 1 aliphatic rings. The first-order chi connectivity index (χ1) is 17.1. The van der Waals surface area contributed by atoms with Crippen LogP contribution in [0.1, 0.15) is 10.4 Å². The minimum atomic E-state index is -0.496. The van der Waals surface area contributed by atoms with E-state index in [4.69, 9.17) is 4.42 Å². The summed E-state index contributed by atoms with van der Waals surface area (Å²) in [7, 11) is 0. The van der Waals surface area contributed by atoms with Gasteiger partial charge in [-0.15, -0.1) is 0 Å². The van der Waals surface area contributed by atoms with E-state index < -0.39 is 5.82 Å². The lowest BCUT2D eigenvalue weighted by atomic mass is 10.1. The number of nitrogens with one attached hydrogen (secondary N) is 1. The predicted octanol–water partition coefficient (Wildman–Crippen LogP) is 4.66. The van der Waals surface area contributed by atoms with Crippen molar-refractivity contribution >= 4 is 46.1 Å². The van der Waals surface area contributed by atoms with Crippen LogP contribution in [0.2, 0.25) is 0 Å². The zero-order valence-electron chi connectivity index (χ0n) is 18.8. The Morgan fingerprint density at radius 1 is 0.943 bits per heavy atom. The zero-order valence-corrected chi connectivity index (χ0v) is 19.6. The molecule has 178 valence electrons. The van der Waals surface area contributed by atoms with Crippen LogP contribution in [0, 0.1) is 5.82 Å². The second-order valence-electron chi connectivity index (χ2n) is 8.09. The number of aromatic nitrogens is 1.